The maximum absolute atomic E-state index is 13.4. The number of thiazole rings is 1. The molecule has 1 saturated carbocycles. The van der Waals surface area contributed by atoms with Crippen LogP contribution in [0.3, 0.4) is 0 Å². The number of carbonyl (C=O) groups excluding carboxylic acids is 1. The highest BCUT2D eigenvalue weighted by molar-refractivity contribution is 9.10. The van der Waals surface area contributed by atoms with Gasteiger partial charge in [0.25, 0.3) is 5.91 Å². The van der Waals surface area contributed by atoms with Crippen LogP contribution in [0.4, 0.5) is 0 Å². The number of amides is 1. The second-order valence-electron chi connectivity index (χ2n) is 8.48. The third kappa shape index (κ3) is 3.35. The van der Waals surface area contributed by atoms with Gasteiger partial charge in [-0.05, 0) is 69.2 Å². The van der Waals surface area contributed by atoms with Gasteiger partial charge in [0.15, 0.2) is 5.54 Å². The van der Waals surface area contributed by atoms with Crippen LogP contribution in [0, 0.1) is 12.3 Å². The molecule has 1 amide bonds. The van der Waals surface area contributed by atoms with Gasteiger partial charge >= 0.3 is 0 Å². The lowest BCUT2D eigenvalue weighted by molar-refractivity contribution is -0.137. The highest BCUT2D eigenvalue weighted by Crippen LogP contribution is 2.62. The van der Waals surface area contributed by atoms with Gasteiger partial charge in [-0.3, -0.25) is 14.8 Å². The van der Waals surface area contributed by atoms with E-state index in [0.717, 1.165) is 53.0 Å². The minimum Gasteiger partial charge on any atom is -0.381 e. The second kappa shape index (κ2) is 8.17. The third-order valence-electron chi connectivity index (χ3n) is 6.97. The number of methoxy groups -OCH3 is 1. The molecule has 30 heavy (non-hydrogen) atoms. The van der Waals surface area contributed by atoms with Crippen LogP contribution >= 0.6 is 27.3 Å². The fourth-order valence-electron chi connectivity index (χ4n) is 5.31. The number of hydrogen-bond donors (Lipinski definition) is 0. The molecule has 1 aliphatic heterocycles. The van der Waals surface area contributed by atoms with Gasteiger partial charge in [0.05, 0.1) is 11.1 Å². The topological polar surface area (TPSA) is 54.8 Å². The maximum Gasteiger partial charge on any atom is 0.260 e. The van der Waals surface area contributed by atoms with Gasteiger partial charge in [-0.1, -0.05) is 22.0 Å². The lowest BCUT2D eigenvalue weighted by atomic mass is 9.61. The maximum atomic E-state index is 13.4. The van der Waals surface area contributed by atoms with E-state index in [4.69, 9.17) is 9.73 Å². The summed E-state index contributed by atoms with van der Waals surface area (Å²) >= 11 is 5.25. The summed E-state index contributed by atoms with van der Waals surface area (Å²) in [6.45, 7) is 3.93. The van der Waals surface area contributed by atoms with Crippen LogP contribution in [0.15, 0.2) is 39.2 Å². The first-order valence-electron chi connectivity index (χ1n) is 10.4. The summed E-state index contributed by atoms with van der Waals surface area (Å²) in [7, 11) is 3.64. The number of nitrogens with zero attached hydrogens (tertiary/aromatic N) is 3. The van der Waals surface area contributed by atoms with Crippen LogP contribution in [0.25, 0.3) is 0 Å². The Bertz CT molecular complexity index is 967. The number of aliphatic imine (C=N–C) groups is 1. The molecule has 0 bridgehead atoms. The molecule has 0 radical (unpaired) electrons. The van der Waals surface area contributed by atoms with Crippen molar-refractivity contribution >= 4 is 39.0 Å². The molecule has 1 fully saturated rings. The van der Waals surface area contributed by atoms with Crippen molar-refractivity contribution in [3.8, 4) is 0 Å². The number of aromatic nitrogens is 1. The van der Waals surface area contributed by atoms with Gasteiger partial charge in [-0.25, -0.2) is 0 Å². The fraction of sp³-hybridized carbons (Fsp3) is 0.522. The Balaban J connectivity index is 0.000000313. The van der Waals surface area contributed by atoms with Crippen molar-refractivity contribution in [3.63, 3.8) is 0 Å². The van der Waals surface area contributed by atoms with E-state index in [2.05, 4.69) is 39.1 Å². The number of carbonyl (C=O) groups is 1. The second-order valence-corrected chi connectivity index (χ2v) is 10.5. The fourth-order valence-corrected chi connectivity index (χ4v) is 6.11. The van der Waals surface area contributed by atoms with E-state index < -0.39 is 5.54 Å². The molecule has 2 aliphatic carbocycles. The number of benzene rings is 1. The van der Waals surface area contributed by atoms with E-state index in [1.165, 1.54) is 5.56 Å². The first kappa shape index (κ1) is 21.7. The average Bonchev–Trinajstić information content (AvgIpc) is 3.38. The molecule has 0 N–H and O–H groups in total. The quantitative estimate of drug-likeness (QED) is 0.558. The Morgan fingerprint density at radius 1 is 1.27 bits per heavy atom. The molecule has 3 aliphatic rings. The summed E-state index contributed by atoms with van der Waals surface area (Å²) in [6.07, 6.45) is 7.00. The molecule has 0 saturated heterocycles. The van der Waals surface area contributed by atoms with Crippen molar-refractivity contribution in [1.29, 1.82) is 0 Å². The van der Waals surface area contributed by atoms with E-state index in [-0.39, 0.29) is 11.3 Å². The van der Waals surface area contributed by atoms with E-state index in [0.29, 0.717) is 6.10 Å². The smallest absolute Gasteiger partial charge is 0.260 e. The van der Waals surface area contributed by atoms with Gasteiger partial charge < -0.3 is 9.64 Å². The van der Waals surface area contributed by atoms with Gasteiger partial charge in [0.2, 0.25) is 0 Å². The van der Waals surface area contributed by atoms with Gasteiger partial charge in [0.1, 0.15) is 5.84 Å². The minimum absolute atomic E-state index is 0.117. The van der Waals surface area contributed by atoms with Crippen LogP contribution < -0.4 is 0 Å². The first-order chi connectivity index (χ1) is 14.3. The van der Waals surface area contributed by atoms with Crippen molar-refractivity contribution < 1.29 is 9.53 Å². The summed E-state index contributed by atoms with van der Waals surface area (Å²) < 4.78 is 6.58. The molecule has 160 valence electrons. The zero-order chi connectivity index (χ0) is 21.5. The molecule has 1 atom stereocenters. The summed E-state index contributed by atoms with van der Waals surface area (Å²) in [4.78, 5) is 24.1. The van der Waals surface area contributed by atoms with Crippen molar-refractivity contribution in [2.75, 3.05) is 14.2 Å². The number of fused-ring (bicyclic) bond motifs is 3. The molecular formula is C23H28BrN3O2S. The van der Waals surface area contributed by atoms with E-state index >= 15 is 0 Å². The van der Waals surface area contributed by atoms with Gasteiger partial charge in [-0.2, -0.15) is 0 Å². The van der Waals surface area contributed by atoms with Crippen LogP contribution in [-0.4, -0.2) is 41.9 Å². The molecule has 5 nitrogen and oxygen atoms in total. The molecule has 7 heteroatoms. The van der Waals surface area contributed by atoms with Crippen molar-refractivity contribution in [3.05, 3.63) is 50.4 Å². The van der Waals surface area contributed by atoms with E-state index in [9.17, 15) is 4.79 Å². The Morgan fingerprint density at radius 3 is 2.50 bits per heavy atom. The monoisotopic (exact) mass is 489 g/mol. The zero-order valence-corrected chi connectivity index (χ0v) is 20.3. The number of rotatable bonds is 1. The number of hydrogen-bond acceptors (Lipinski definition) is 5. The molecular weight excluding hydrogens is 462 g/mol. The van der Waals surface area contributed by atoms with Crippen LogP contribution in [0.2, 0.25) is 0 Å². The number of amidine groups is 1. The zero-order valence-electron chi connectivity index (χ0n) is 17.9. The molecule has 1 aromatic carbocycles. The lowest BCUT2D eigenvalue weighted by Crippen LogP contribution is -2.51. The lowest BCUT2D eigenvalue weighted by Gasteiger charge is -2.45. The Labute approximate surface area is 190 Å². The summed E-state index contributed by atoms with van der Waals surface area (Å²) in [5.74, 6) is 0.953. The van der Waals surface area contributed by atoms with Crippen LogP contribution in [0.5, 0.6) is 0 Å². The largest absolute Gasteiger partial charge is 0.381 e. The van der Waals surface area contributed by atoms with E-state index in [1.807, 2.05) is 26.3 Å². The summed E-state index contributed by atoms with van der Waals surface area (Å²) in [5.41, 5.74) is 1.51. The highest BCUT2D eigenvalue weighted by atomic mass is 79.9. The molecule has 1 aromatic heterocycles. The first-order valence-corrected chi connectivity index (χ1v) is 12.0. The van der Waals surface area contributed by atoms with E-state index in [1.54, 1.807) is 29.5 Å². The van der Waals surface area contributed by atoms with Gasteiger partial charge in [-0.15, -0.1) is 11.3 Å². The number of ether oxygens (including phenoxy) is 1. The number of aryl methyl sites for hydroxylation is 1. The SMILES string of the molecule is COC1CCC2(CC1)Cc1ccc(Br)cc1C21N=C(C)N(C)C1=O.Cc1nccs1. The van der Waals surface area contributed by atoms with Crippen LogP contribution in [-0.2, 0) is 21.5 Å². The van der Waals surface area contributed by atoms with Crippen LogP contribution in [0.1, 0.15) is 48.7 Å². The van der Waals surface area contributed by atoms with Crippen molar-refractivity contribution in [2.24, 2.45) is 10.4 Å². The predicted molar refractivity (Wildman–Crippen MR) is 124 cm³/mol. The average molecular weight is 490 g/mol. The summed E-state index contributed by atoms with van der Waals surface area (Å²) in [5, 5.41) is 3.10. The Morgan fingerprint density at radius 2 is 2.00 bits per heavy atom. The Hall–Kier alpha value is -1.57. The standard InChI is InChI=1S/C19H23BrN2O2.C4H5NS/c1-12-21-19(17(23)22(12)2)16-10-14(20)5-4-13(16)11-18(19)8-6-15(24-3)7-9-18;1-4-5-2-3-6-4/h4-5,10,15H,6-9,11H2,1-3H3;2-3H,1H3. The van der Waals surface area contributed by atoms with Gasteiger partial charge in [0, 0.05) is 35.6 Å². The predicted octanol–water partition coefficient (Wildman–Crippen LogP) is 5.12. The van der Waals surface area contributed by atoms with Crippen molar-refractivity contribution in [2.45, 2.75) is 57.6 Å². The molecule has 2 aromatic rings. The normalized spacial score (nSPS) is 29.8. The number of likely N-dealkylation sites (N-methyl/N-ethyl adjacent to an activating group) is 1. The molecule has 1 unspecified atom stereocenters. The molecule has 2 spiro atoms. The molecule has 5 rings (SSSR count). The van der Waals surface area contributed by atoms with Crippen molar-refractivity contribution in [1.82, 2.24) is 9.88 Å². The summed E-state index contributed by atoms with van der Waals surface area (Å²) in [6, 6.07) is 6.35. The number of halogens is 1. The highest BCUT2D eigenvalue weighted by Gasteiger charge is 2.65. The minimum atomic E-state index is -0.746. The Kier molecular flexibility index (Phi) is 5.90. The third-order valence-corrected chi connectivity index (χ3v) is 8.16. The molecule has 2 heterocycles.